The van der Waals surface area contributed by atoms with Gasteiger partial charge in [-0.3, -0.25) is 0 Å². The van der Waals surface area contributed by atoms with E-state index in [0.29, 0.717) is 0 Å². The van der Waals surface area contributed by atoms with E-state index in [0.717, 1.165) is 22.7 Å². The minimum Gasteiger partial charge on any atom is -0.310 e. The molecule has 0 unspecified atom stereocenters. The summed E-state index contributed by atoms with van der Waals surface area (Å²) in [4.78, 5) is 2.37. The van der Waals surface area contributed by atoms with Crippen LogP contribution in [0.4, 0.5) is 17.1 Å². The van der Waals surface area contributed by atoms with Gasteiger partial charge < -0.3 is 9.47 Å². The highest BCUT2D eigenvalue weighted by Crippen LogP contribution is 2.51. The van der Waals surface area contributed by atoms with Gasteiger partial charge in [0.1, 0.15) is 0 Å². The lowest BCUT2D eigenvalue weighted by Gasteiger charge is -2.25. The number of nitrogens with zero attached hydrogens (tertiary/aromatic N) is 2. The van der Waals surface area contributed by atoms with Crippen molar-refractivity contribution in [3.8, 4) is 39.1 Å². The molecule has 0 aliphatic carbocycles. The Kier molecular flexibility index (Phi) is 9.22. The lowest BCUT2D eigenvalue weighted by atomic mass is 9.84. The van der Waals surface area contributed by atoms with Crippen molar-refractivity contribution in [1.82, 2.24) is 4.57 Å². The van der Waals surface area contributed by atoms with Gasteiger partial charge in [-0.15, -0.1) is 0 Å². The molecular formula is C64H50N2. The molecule has 0 aliphatic rings. The first kappa shape index (κ1) is 39.6. The zero-order chi connectivity index (χ0) is 44.7. The second-order valence-corrected chi connectivity index (χ2v) is 19.1. The van der Waals surface area contributed by atoms with E-state index in [1.165, 1.54) is 104 Å². The number of hydrogen-bond donors (Lipinski definition) is 0. The van der Waals surface area contributed by atoms with Crippen LogP contribution in [0.15, 0.2) is 212 Å². The van der Waals surface area contributed by atoms with Crippen LogP contribution in [0.2, 0.25) is 0 Å². The third-order valence-electron chi connectivity index (χ3n) is 13.7. The first-order chi connectivity index (χ1) is 32.2. The molecule has 12 aromatic rings. The summed E-state index contributed by atoms with van der Waals surface area (Å²) in [6.07, 6.45) is 0. The van der Waals surface area contributed by atoms with Crippen LogP contribution in [0.5, 0.6) is 0 Å². The maximum absolute atomic E-state index is 2.52. The van der Waals surface area contributed by atoms with Crippen LogP contribution in [0.1, 0.15) is 37.5 Å². The zero-order valence-electron chi connectivity index (χ0n) is 38.1. The molecule has 66 heavy (non-hydrogen) atoms. The summed E-state index contributed by atoms with van der Waals surface area (Å²) in [5, 5.41) is 10.2. The number of aromatic nitrogens is 1. The molecule has 0 bridgehead atoms. The Hall–Kier alpha value is -7.94. The van der Waals surface area contributed by atoms with E-state index >= 15 is 0 Å². The van der Waals surface area contributed by atoms with Gasteiger partial charge in [-0.2, -0.15) is 0 Å². The molecule has 2 nitrogen and oxygen atoms in total. The molecule has 12 rings (SSSR count). The lowest BCUT2D eigenvalue weighted by molar-refractivity contribution is 0.590. The third-order valence-corrected chi connectivity index (χ3v) is 13.7. The molecule has 0 saturated heterocycles. The van der Waals surface area contributed by atoms with Crippen molar-refractivity contribution in [2.75, 3.05) is 4.90 Å². The summed E-state index contributed by atoms with van der Waals surface area (Å²) in [6, 6.07) is 79.0. The monoisotopic (exact) mass is 846 g/mol. The van der Waals surface area contributed by atoms with Gasteiger partial charge in [0.2, 0.25) is 0 Å². The predicted octanol–water partition coefficient (Wildman–Crippen LogP) is 18.1. The fourth-order valence-electron chi connectivity index (χ4n) is 10.7. The van der Waals surface area contributed by atoms with Crippen LogP contribution in [-0.4, -0.2) is 4.57 Å². The van der Waals surface area contributed by atoms with E-state index < -0.39 is 0 Å². The molecule has 0 spiro atoms. The van der Waals surface area contributed by atoms with Gasteiger partial charge in [-0.05, 0) is 134 Å². The Balaban J connectivity index is 1.17. The predicted molar refractivity (Wildman–Crippen MR) is 284 cm³/mol. The molecule has 0 radical (unpaired) electrons. The van der Waals surface area contributed by atoms with Crippen LogP contribution in [-0.2, 0) is 5.41 Å². The van der Waals surface area contributed by atoms with Crippen LogP contribution in [0, 0.1) is 13.8 Å². The SMILES string of the molecule is Cc1cc(C)cc(-c2ccc3c4c2cc(-c2ccc(-c5ccc(C(C)(C)C)cc5)cc2)c2cccc(c24)c2c3c3ccc(N(c4ccccc4)c4ccccc4)cc3n2-c2ccccc2)c1. The Bertz CT molecular complexity index is 3700. The molecular weight excluding hydrogens is 797 g/mol. The van der Waals surface area contributed by atoms with E-state index in [1.54, 1.807) is 0 Å². The third kappa shape index (κ3) is 6.47. The fourth-order valence-corrected chi connectivity index (χ4v) is 10.7. The molecule has 316 valence electrons. The molecule has 1 aromatic heterocycles. The fraction of sp³-hybridized carbons (Fsp3) is 0.0938. The van der Waals surface area contributed by atoms with Crippen molar-refractivity contribution < 1.29 is 0 Å². The maximum Gasteiger partial charge on any atom is 0.0626 e. The van der Waals surface area contributed by atoms with Crippen molar-refractivity contribution in [2.24, 2.45) is 0 Å². The molecule has 0 aliphatic heterocycles. The van der Waals surface area contributed by atoms with Gasteiger partial charge in [0.25, 0.3) is 0 Å². The minimum atomic E-state index is 0.113. The Labute approximate surface area is 387 Å². The average Bonchev–Trinajstić information content (AvgIpc) is 3.69. The number of benzene rings is 11. The van der Waals surface area contributed by atoms with Gasteiger partial charge in [-0.25, -0.2) is 0 Å². The number of para-hydroxylation sites is 3. The molecule has 0 fully saturated rings. The maximum atomic E-state index is 2.52. The highest BCUT2D eigenvalue weighted by atomic mass is 15.1. The molecule has 2 heteroatoms. The van der Waals surface area contributed by atoms with Gasteiger partial charge in [-0.1, -0.05) is 190 Å². The number of rotatable bonds is 7. The van der Waals surface area contributed by atoms with Gasteiger partial charge in [0.15, 0.2) is 0 Å². The van der Waals surface area contributed by atoms with Crippen LogP contribution < -0.4 is 4.90 Å². The summed E-state index contributed by atoms with van der Waals surface area (Å²) in [6.45, 7) is 11.2. The van der Waals surface area contributed by atoms with Gasteiger partial charge in [0.05, 0.1) is 11.0 Å². The highest BCUT2D eigenvalue weighted by Gasteiger charge is 2.25. The van der Waals surface area contributed by atoms with Crippen molar-refractivity contribution in [1.29, 1.82) is 0 Å². The number of hydrogen-bond acceptors (Lipinski definition) is 1. The number of fused-ring (bicyclic) bond motifs is 5. The van der Waals surface area contributed by atoms with E-state index in [2.05, 4.69) is 256 Å². The van der Waals surface area contributed by atoms with Crippen LogP contribution in [0.3, 0.4) is 0 Å². The van der Waals surface area contributed by atoms with Crippen LogP contribution >= 0.6 is 0 Å². The normalized spacial score (nSPS) is 12.0. The van der Waals surface area contributed by atoms with E-state index in [9.17, 15) is 0 Å². The highest BCUT2D eigenvalue weighted by molar-refractivity contribution is 6.40. The first-order valence-electron chi connectivity index (χ1n) is 23.2. The van der Waals surface area contributed by atoms with E-state index in [1.807, 2.05) is 0 Å². The molecule has 0 atom stereocenters. The Morgan fingerprint density at radius 1 is 0.364 bits per heavy atom. The molecule has 0 amide bonds. The second kappa shape index (κ2) is 15.4. The summed E-state index contributed by atoms with van der Waals surface area (Å²) in [5.74, 6) is 0. The Morgan fingerprint density at radius 2 is 0.924 bits per heavy atom. The van der Waals surface area contributed by atoms with Gasteiger partial charge >= 0.3 is 0 Å². The van der Waals surface area contributed by atoms with Crippen molar-refractivity contribution in [3.05, 3.63) is 229 Å². The summed E-state index contributed by atoms with van der Waals surface area (Å²) in [7, 11) is 0. The summed E-state index contributed by atoms with van der Waals surface area (Å²) >= 11 is 0. The molecule has 1 heterocycles. The van der Waals surface area contributed by atoms with Gasteiger partial charge in [0, 0.05) is 44.3 Å². The minimum absolute atomic E-state index is 0.113. The number of aryl methyl sites for hydroxylation is 2. The lowest BCUT2D eigenvalue weighted by Crippen LogP contribution is -2.10. The summed E-state index contributed by atoms with van der Waals surface area (Å²) < 4.78 is 2.52. The van der Waals surface area contributed by atoms with Crippen LogP contribution in [0.25, 0.3) is 93.2 Å². The first-order valence-corrected chi connectivity index (χ1v) is 23.2. The molecule has 11 aromatic carbocycles. The Morgan fingerprint density at radius 3 is 1.56 bits per heavy atom. The largest absolute Gasteiger partial charge is 0.310 e. The molecule has 0 N–H and O–H groups in total. The zero-order valence-corrected chi connectivity index (χ0v) is 38.1. The second-order valence-electron chi connectivity index (χ2n) is 19.1. The smallest absolute Gasteiger partial charge is 0.0626 e. The van der Waals surface area contributed by atoms with E-state index in [4.69, 9.17) is 0 Å². The molecule has 0 saturated carbocycles. The quantitative estimate of drug-likeness (QED) is 0.145. The van der Waals surface area contributed by atoms with Crippen molar-refractivity contribution in [2.45, 2.75) is 40.0 Å². The van der Waals surface area contributed by atoms with Crippen molar-refractivity contribution in [3.63, 3.8) is 0 Å². The number of anilines is 3. The average molecular weight is 847 g/mol. The topological polar surface area (TPSA) is 8.17 Å². The standard InChI is InChI=1S/C64H50N2/c1-41-36-42(2)38-46(37-41)52-34-35-55-61-58(52)40-57(45-26-24-43(25-27-45)44-28-30-47(31-29-44)64(3,4)5)53-22-15-23-56(60(53)61)63-62(55)54-33-32-51(39-59(54)66(63)50-20-13-8-14-21-50)65(48-16-9-6-10-17-48)49-18-11-7-12-19-49/h6-40H,1-5H3. The summed E-state index contributed by atoms with van der Waals surface area (Å²) in [5.41, 5.74) is 18.3. The van der Waals surface area contributed by atoms with Crippen molar-refractivity contribution >= 4 is 71.2 Å². The van der Waals surface area contributed by atoms with E-state index in [-0.39, 0.29) is 5.41 Å².